The van der Waals surface area contributed by atoms with Gasteiger partial charge in [-0.2, -0.15) is 4.98 Å². The lowest BCUT2D eigenvalue weighted by atomic mass is 10.3. The number of nitrogens with zero attached hydrogens (tertiary/aromatic N) is 5. The minimum absolute atomic E-state index is 0.380. The molecule has 7 heteroatoms. The van der Waals surface area contributed by atoms with Gasteiger partial charge in [-0.05, 0) is 19.9 Å². The summed E-state index contributed by atoms with van der Waals surface area (Å²) in [5.74, 6) is 1.03. The zero-order valence-electron chi connectivity index (χ0n) is 8.92. The average Bonchev–Trinajstić information content (AvgIpc) is 2.97. The summed E-state index contributed by atoms with van der Waals surface area (Å²) < 4.78 is 6.89. The largest absolute Gasteiger partial charge is 0.332 e. The first-order valence-corrected chi connectivity index (χ1v) is 5.26. The molecule has 16 heavy (non-hydrogen) atoms. The highest BCUT2D eigenvalue weighted by Gasteiger charge is 2.19. The maximum absolute atomic E-state index is 5.03. The van der Waals surface area contributed by atoms with E-state index in [-0.39, 0.29) is 0 Å². The monoisotopic (exact) mass is 220 g/mol. The number of aromatic nitrogens is 5. The lowest BCUT2D eigenvalue weighted by Gasteiger charge is -2.05. The van der Waals surface area contributed by atoms with Crippen molar-refractivity contribution in [1.82, 2.24) is 30.5 Å². The van der Waals surface area contributed by atoms with Gasteiger partial charge in [0.25, 0.3) is 5.89 Å². The third-order valence-corrected chi connectivity index (χ3v) is 2.67. The second kappa shape index (κ2) is 3.67. The second-order valence-corrected chi connectivity index (χ2v) is 3.88. The van der Waals surface area contributed by atoms with Gasteiger partial charge in [0.1, 0.15) is 0 Å². The molecule has 7 nitrogen and oxygen atoms in total. The Kier molecular flexibility index (Phi) is 2.17. The molecule has 2 aromatic rings. The van der Waals surface area contributed by atoms with Crippen molar-refractivity contribution in [2.75, 3.05) is 13.1 Å². The summed E-state index contributed by atoms with van der Waals surface area (Å²) in [6.07, 6.45) is 2.93. The van der Waals surface area contributed by atoms with Crippen molar-refractivity contribution >= 4 is 0 Å². The molecule has 1 aliphatic heterocycles. The van der Waals surface area contributed by atoms with Gasteiger partial charge in [-0.3, -0.25) is 0 Å². The summed E-state index contributed by atoms with van der Waals surface area (Å²) in [6.45, 7) is 3.74. The molecule has 0 aliphatic carbocycles. The van der Waals surface area contributed by atoms with Crippen LogP contribution in [0.1, 0.15) is 18.3 Å². The maximum atomic E-state index is 5.03. The SMILES string of the molecule is Cc1noc(-c2cn([C@H]3CCNC3)nn2)n1. The first-order valence-electron chi connectivity index (χ1n) is 5.26. The fraction of sp³-hybridized carbons (Fsp3) is 0.556. The van der Waals surface area contributed by atoms with E-state index in [0.717, 1.165) is 19.5 Å². The molecular formula is C9H12N6O. The lowest BCUT2D eigenvalue weighted by molar-refractivity contribution is 0.424. The van der Waals surface area contributed by atoms with Crippen molar-refractivity contribution < 1.29 is 4.52 Å². The van der Waals surface area contributed by atoms with E-state index in [4.69, 9.17) is 4.52 Å². The van der Waals surface area contributed by atoms with Gasteiger partial charge in [0.15, 0.2) is 11.5 Å². The smallest absolute Gasteiger partial charge is 0.280 e. The van der Waals surface area contributed by atoms with Crippen LogP contribution in [0.2, 0.25) is 0 Å². The summed E-state index contributed by atoms with van der Waals surface area (Å²) >= 11 is 0. The number of hydrogen-bond donors (Lipinski definition) is 1. The lowest BCUT2D eigenvalue weighted by Crippen LogP contribution is -2.13. The van der Waals surface area contributed by atoms with Crippen LogP contribution < -0.4 is 5.32 Å². The van der Waals surface area contributed by atoms with Crippen LogP contribution in [0.3, 0.4) is 0 Å². The van der Waals surface area contributed by atoms with Crippen molar-refractivity contribution in [3.63, 3.8) is 0 Å². The van der Waals surface area contributed by atoms with E-state index in [1.807, 2.05) is 10.9 Å². The van der Waals surface area contributed by atoms with Crippen LogP contribution in [0, 0.1) is 6.92 Å². The predicted molar refractivity (Wildman–Crippen MR) is 54.6 cm³/mol. The van der Waals surface area contributed by atoms with Crippen LogP contribution in [0.25, 0.3) is 11.6 Å². The summed E-state index contributed by atoms with van der Waals surface area (Å²) in [4.78, 5) is 4.11. The van der Waals surface area contributed by atoms with Crippen LogP contribution in [-0.4, -0.2) is 38.2 Å². The number of hydrogen-bond acceptors (Lipinski definition) is 6. The number of aryl methyl sites for hydroxylation is 1. The third kappa shape index (κ3) is 1.58. The van der Waals surface area contributed by atoms with Gasteiger partial charge in [-0.15, -0.1) is 5.10 Å². The molecule has 84 valence electrons. The van der Waals surface area contributed by atoms with Gasteiger partial charge in [0.05, 0.1) is 12.2 Å². The fourth-order valence-corrected chi connectivity index (χ4v) is 1.82. The number of rotatable bonds is 2. The van der Waals surface area contributed by atoms with E-state index >= 15 is 0 Å². The summed E-state index contributed by atoms with van der Waals surface area (Å²) in [5, 5.41) is 15.1. The van der Waals surface area contributed by atoms with Crippen LogP contribution in [0.4, 0.5) is 0 Å². The highest BCUT2D eigenvalue weighted by Crippen LogP contribution is 2.18. The van der Waals surface area contributed by atoms with E-state index < -0.39 is 0 Å². The normalized spacial score (nSPS) is 20.4. The van der Waals surface area contributed by atoms with Gasteiger partial charge in [0.2, 0.25) is 0 Å². The quantitative estimate of drug-likeness (QED) is 0.777. The van der Waals surface area contributed by atoms with Crippen LogP contribution in [-0.2, 0) is 0 Å². The fourth-order valence-electron chi connectivity index (χ4n) is 1.82. The van der Waals surface area contributed by atoms with E-state index in [1.54, 1.807) is 6.92 Å². The highest BCUT2D eigenvalue weighted by molar-refractivity contribution is 5.43. The van der Waals surface area contributed by atoms with E-state index in [1.165, 1.54) is 0 Å². The average molecular weight is 220 g/mol. The Morgan fingerprint density at radius 1 is 1.56 bits per heavy atom. The Balaban J connectivity index is 1.87. The zero-order chi connectivity index (χ0) is 11.0. The van der Waals surface area contributed by atoms with Crippen LogP contribution in [0.15, 0.2) is 10.7 Å². The topological polar surface area (TPSA) is 81.7 Å². The van der Waals surface area contributed by atoms with Gasteiger partial charge in [-0.1, -0.05) is 10.4 Å². The zero-order valence-corrected chi connectivity index (χ0v) is 8.92. The minimum Gasteiger partial charge on any atom is -0.332 e. The van der Waals surface area contributed by atoms with Crippen LogP contribution >= 0.6 is 0 Å². The summed E-state index contributed by atoms with van der Waals surface area (Å²) in [7, 11) is 0. The first kappa shape index (κ1) is 9.46. The van der Waals surface area contributed by atoms with Gasteiger partial charge in [0, 0.05) is 6.54 Å². The van der Waals surface area contributed by atoms with Gasteiger partial charge in [-0.25, -0.2) is 4.68 Å². The molecule has 2 aromatic heterocycles. The molecule has 3 heterocycles. The molecule has 1 aliphatic rings. The standard InChI is InChI=1S/C9H12N6O/c1-6-11-9(16-13-6)8-5-15(14-12-8)7-2-3-10-4-7/h5,7,10H,2-4H2,1H3/t7-/m0/s1. The molecule has 1 fully saturated rings. The molecule has 0 radical (unpaired) electrons. The minimum atomic E-state index is 0.380. The molecule has 0 saturated carbocycles. The summed E-state index contributed by atoms with van der Waals surface area (Å²) in [6, 6.07) is 0.380. The number of nitrogens with one attached hydrogen (secondary N) is 1. The van der Waals surface area contributed by atoms with E-state index in [9.17, 15) is 0 Å². The van der Waals surface area contributed by atoms with Crippen molar-refractivity contribution in [2.45, 2.75) is 19.4 Å². The molecule has 0 unspecified atom stereocenters. The molecule has 0 aromatic carbocycles. The van der Waals surface area contributed by atoms with Crippen molar-refractivity contribution in [3.8, 4) is 11.6 Å². The predicted octanol–water partition coefficient (Wildman–Crippen LogP) is 0.171. The highest BCUT2D eigenvalue weighted by atomic mass is 16.5. The second-order valence-electron chi connectivity index (χ2n) is 3.88. The molecule has 0 bridgehead atoms. The molecular weight excluding hydrogens is 208 g/mol. The summed E-state index contributed by atoms with van der Waals surface area (Å²) in [5.41, 5.74) is 0.632. The molecule has 3 rings (SSSR count). The molecule has 1 N–H and O–H groups in total. The molecule has 1 atom stereocenters. The Morgan fingerprint density at radius 3 is 3.19 bits per heavy atom. The molecule has 1 saturated heterocycles. The first-order chi connectivity index (χ1) is 7.83. The Morgan fingerprint density at radius 2 is 2.50 bits per heavy atom. The Bertz CT molecular complexity index is 484. The maximum Gasteiger partial charge on any atom is 0.280 e. The third-order valence-electron chi connectivity index (χ3n) is 2.67. The van der Waals surface area contributed by atoms with E-state index in [0.29, 0.717) is 23.5 Å². The molecule has 0 spiro atoms. The Hall–Kier alpha value is -1.76. The van der Waals surface area contributed by atoms with Crippen molar-refractivity contribution in [1.29, 1.82) is 0 Å². The van der Waals surface area contributed by atoms with Crippen LogP contribution in [0.5, 0.6) is 0 Å². The molecule has 0 amide bonds. The van der Waals surface area contributed by atoms with Crippen molar-refractivity contribution in [2.24, 2.45) is 0 Å². The van der Waals surface area contributed by atoms with Crippen molar-refractivity contribution in [3.05, 3.63) is 12.0 Å². The Labute approximate surface area is 91.8 Å². The van der Waals surface area contributed by atoms with Gasteiger partial charge < -0.3 is 9.84 Å². The van der Waals surface area contributed by atoms with Gasteiger partial charge >= 0.3 is 0 Å². The van der Waals surface area contributed by atoms with E-state index in [2.05, 4.69) is 25.8 Å².